The number of H-pyrrole nitrogens is 1. The van der Waals surface area contributed by atoms with Gasteiger partial charge in [0.1, 0.15) is 5.52 Å². The predicted molar refractivity (Wildman–Crippen MR) is 89.0 cm³/mol. The van der Waals surface area contributed by atoms with Crippen LogP contribution in [0, 0.1) is 0 Å². The summed E-state index contributed by atoms with van der Waals surface area (Å²) in [5, 5.41) is 3.32. The monoisotopic (exact) mass is 348 g/mol. The van der Waals surface area contributed by atoms with Crippen molar-refractivity contribution in [2.75, 3.05) is 5.32 Å². The van der Waals surface area contributed by atoms with Gasteiger partial charge < -0.3 is 16.0 Å². The molecular weight excluding hydrogens is 339 g/mol. The number of anilines is 1. The first-order chi connectivity index (χ1) is 11.0. The molecule has 3 rings (SSSR count). The van der Waals surface area contributed by atoms with Gasteiger partial charge >= 0.3 is 0 Å². The minimum absolute atomic E-state index is 0.205. The lowest BCUT2D eigenvalue weighted by molar-refractivity contribution is 0.0997. The second-order valence-corrected chi connectivity index (χ2v) is 5.61. The smallest absolute Gasteiger partial charge is 0.257 e. The van der Waals surface area contributed by atoms with E-state index in [1.165, 1.54) is 24.5 Å². The summed E-state index contributed by atoms with van der Waals surface area (Å²) >= 11 is 11.9. The number of nitrogens with zero attached hydrogens (tertiary/aromatic N) is 1. The Morgan fingerprint density at radius 3 is 2.65 bits per heavy atom. The van der Waals surface area contributed by atoms with Crippen LogP contribution in [0.2, 0.25) is 10.0 Å². The Morgan fingerprint density at radius 1 is 1.13 bits per heavy atom. The third-order valence-corrected chi connectivity index (χ3v) is 3.78. The van der Waals surface area contributed by atoms with Crippen molar-refractivity contribution < 1.29 is 9.59 Å². The quantitative estimate of drug-likeness (QED) is 0.677. The van der Waals surface area contributed by atoms with E-state index >= 15 is 0 Å². The Labute approximate surface area is 140 Å². The summed E-state index contributed by atoms with van der Waals surface area (Å²) in [7, 11) is 0. The third kappa shape index (κ3) is 2.99. The number of fused-ring (bicyclic) bond motifs is 1. The van der Waals surface area contributed by atoms with Crippen LogP contribution in [0.15, 0.2) is 36.7 Å². The molecule has 4 N–H and O–H groups in total. The molecule has 0 saturated carbocycles. The molecule has 116 valence electrons. The van der Waals surface area contributed by atoms with Crippen LogP contribution < -0.4 is 11.1 Å². The summed E-state index contributed by atoms with van der Waals surface area (Å²) in [5.41, 5.74) is 7.19. The number of hydrogen-bond acceptors (Lipinski definition) is 3. The van der Waals surface area contributed by atoms with Crippen molar-refractivity contribution >= 4 is 51.7 Å². The van der Waals surface area contributed by atoms with E-state index in [1.54, 1.807) is 12.1 Å². The molecule has 0 spiro atoms. The first-order valence-corrected chi connectivity index (χ1v) is 7.24. The average Bonchev–Trinajstić information content (AvgIpc) is 2.96. The van der Waals surface area contributed by atoms with Gasteiger partial charge in [-0.05, 0) is 30.3 Å². The lowest BCUT2D eigenvalue weighted by Gasteiger charge is -2.09. The highest BCUT2D eigenvalue weighted by atomic mass is 35.5. The molecule has 1 heterocycles. The number of primary amides is 1. The van der Waals surface area contributed by atoms with E-state index in [0.717, 1.165) is 0 Å². The summed E-state index contributed by atoms with van der Waals surface area (Å²) in [6.07, 6.45) is 1.44. The number of aromatic amines is 1. The predicted octanol–water partition coefficient (Wildman–Crippen LogP) is 3.22. The van der Waals surface area contributed by atoms with E-state index < -0.39 is 11.8 Å². The summed E-state index contributed by atoms with van der Waals surface area (Å²) in [6.45, 7) is 0. The molecule has 3 aromatic rings. The van der Waals surface area contributed by atoms with Crippen LogP contribution >= 0.6 is 23.2 Å². The van der Waals surface area contributed by atoms with Gasteiger partial charge in [-0.2, -0.15) is 0 Å². The Bertz CT molecular complexity index is 936. The summed E-state index contributed by atoms with van der Waals surface area (Å²) < 4.78 is 0. The average molecular weight is 349 g/mol. The number of rotatable bonds is 3. The number of nitrogens with one attached hydrogen (secondary N) is 2. The number of benzene rings is 2. The highest BCUT2D eigenvalue weighted by molar-refractivity contribution is 6.36. The minimum Gasteiger partial charge on any atom is -0.366 e. The zero-order valence-electron chi connectivity index (χ0n) is 11.6. The van der Waals surface area contributed by atoms with Crippen molar-refractivity contribution in [3.8, 4) is 0 Å². The number of nitrogens with two attached hydrogens (primary N) is 1. The molecule has 0 aliphatic heterocycles. The third-order valence-electron chi connectivity index (χ3n) is 3.22. The van der Waals surface area contributed by atoms with Gasteiger partial charge in [0.25, 0.3) is 11.8 Å². The normalized spacial score (nSPS) is 10.7. The molecule has 0 saturated heterocycles. The van der Waals surface area contributed by atoms with Gasteiger partial charge in [-0.25, -0.2) is 4.98 Å². The number of aromatic nitrogens is 2. The molecule has 0 aliphatic carbocycles. The van der Waals surface area contributed by atoms with E-state index in [4.69, 9.17) is 28.9 Å². The molecule has 0 aliphatic rings. The van der Waals surface area contributed by atoms with E-state index in [-0.39, 0.29) is 16.1 Å². The molecular formula is C15H10Cl2N4O2. The van der Waals surface area contributed by atoms with Gasteiger partial charge in [0, 0.05) is 10.7 Å². The SMILES string of the molecule is NC(=O)c1cc(NC(=O)c2cc(Cl)ccc2Cl)cc2[nH]cnc12. The maximum Gasteiger partial charge on any atom is 0.257 e. The van der Waals surface area contributed by atoms with Crippen molar-refractivity contribution in [1.29, 1.82) is 0 Å². The maximum atomic E-state index is 12.3. The van der Waals surface area contributed by atoms with Crippen LogP contribution in [-0.4, -0.2) is 21.8 Å². The van der Waals surface area contributed by atoms with Crippen molar-refractivity contribution in [1.82, 2.24) is 9.97 Å². The number of halogens is 2. The number of amides is 2. The van der Waals surface area contributed by atoms with Gasteiger partial charge in [0.2, 0.25) is 0 Å². The fraction of sp³-hybridized carbons (Fsp3) is 0. The van der Waals surface area contributed by atoms with Gasteiger partial charge in [-0.15, -0.1) is 0 Å². The van der Waals surface area contributed by atoms with E-state index in [9.17, 15) is 9.59 Å². The molecule has 2 amide bonds. The molecule has 0 atom stereocenters. The summed E-state index contributed by atoms with van der Waals surface area (Å²) in [5.74, 6) is -1.09. The molecule has 0 fully saturated rings. The van der Waals surface area contributed by atoms with E-state index in [0.29, 0.717) is 21.7 Å². The van der Waals surface area contributed by atoms with Crippen LogP contribution in [-0.2, 0) is 0 Å². The van der Waals surface area contributed by atoms with Crippen LogP contribution in [0.5, 0.6) is 0 Å². The number of hydrogen-bond donors (Lipinski definition) is 3. The van der Waals surface area contributed by atoms with Gasteiger partial charge in [-0.3, -0.25) is 9.59 Å². The molecule has 0 bridgehead atoms. The molecule has 8 heteroatoms. The number of imidazole rings is 1. The molecule has 1 aromatic heterocycles. The fourth-order valence-electron chi connectivity index (χ4n) is 2.18. The minimum atomic E-state index is -0.640. The summed E-state index contributed by atoms with van der Waals surface area (Å²) in [4.78, 5) is 30.8. The Kier molecular flexibility index (Phi) is 3.94. The molecule has 2 aromatic carbocycles. The van der Waals surface area contributed by atoms with E-state index in [1.807, 2.05) is 0 Å². The van der Waals surface area contributed by atoms with Crippen LogP contribution in [0.25, 0.3) is 11.0 Å². The Balaban J connectivity index is 1.99. The number of carbonyl (C=O) groups excluding carboxylic acids is 2. The zero-order valence-corrected chi connectivity index (χ0v) is 13.1. The molecule has 0 radical (unpaired) electrons. The molecule has 6 nitrogen and oxygen atoms in total. The fourth-order valence-corrected chi connectivity index (χ4v) is 2.56. The van der Waals surface area contributed by atoms with Crippen molar-refractivity contribution in [2.45, 2.75) is 0 Å². The first kappa shape index (κ1) is 15.3. The maximum absolute atomic E-state index is 12.3. The highest BCUT2D eigenvalue weighted by Crippen LogP contribution is 2.24. The van der Waals surface area contributed by atoms with Crippen LogP contribution in [0.4, 0.5) is 5.69 Å². The highest BCUT2D eigenvalue weighted by Gasteiger charge is 2.15. The summed E-state index contributed by atoms with van der Waals surface area (Å²) in [6, 6.07) is 7.68. The Hall–Kier alpha value is -2.57. The largest absolute Gasteiger partial charge is 0.366 e. The lowest BCUT2D eigenvalue weighted by Crippen LogP contribution is -2.15. The topological polar surface area (TPSA) is 101 Å². The second-order valence-electron chi connectivity index (χ2n) is 4.77. The van der Waals surface area contributed by atoms with Gasteiger partial charge in [-0.1, -0.05) is 23.2 Å². The van der Waals surface area contributed by atoms with Crippen molar-refractivity contribution in [3.63, 3.8) is 0 Å². The van der Waals surface area contributed by atoms with Gasteiger partial charge in [0.05, 0.1) is 28.0 Å². The van der Waals surface area contributed by atoms with Crippen LogP contribution in [0.1, 0.15) is 20.7 Å². The molecule has 23 heavy (non-hydrogen) atoms. The lowest BCUT2D eigenvalue weighted by atomic mass is 10.1. The van der Waals surface area contributed by atoms with Crippen molar-refractivity contribution in [2.24, 2.45) is 5.73 Å². The zero-order chi connectivity index (χ0) is 16.6. The number of carbonyl (C=O) groups is 2. The van der Waals surface area contributed by atoms with Gasteiger partial charge in [0.15, 0.2) is 0 Å². The first-order valence-electron chi connectivity index (χ1n) is 6.49. The van der Waals surface area contributed by atoms with Crippen molar-refractivity contribution in [3.05, 3.63) is 57.8 Å². The van der Waals surface area contributed by atoms with Crippen LogP contribution in [0.3, 0.4) is 0 Å². The van der Waals surface area contributed by atoms with E-state index in [2.05, 4.69) is 15.3 Å². The molecule has 0 unspecified atom stereocenters. The standard InChI is InChI=1S/C15H10Cl2N4O2/c16-7-1-2-11(17)9(3-7)15(23)21-8-4-10(14(18)22)13-12(5-8)19-6-20-13/h1-6H,(H2,18,22)(H,19,20)(H,21,23). The Morgan fingerprint density at radius 2 is 1.91 bits per heavy atom. The second kappa shape index (κ2) is 5.91.